The Balaban J connectivity index is 2.24. The molecular weight excluding hydrogens is 200 g/mol. The predicted molar refractivity (Wildman–Crippen MR) is 65.5 cm³/mol. The van der Waals surface area contributed by atoms with Gasteiger partial charge in [0.05, 0.1) is 0 Å². The standard InChI is InChI=1S/C12H14N4/c1-9-4-3-5-10(8-9)6-7-11-14-15-12(13)16(11)2/h3-8H,1-2H3,(H2,13,15)/b7-6+. The molecule has 0 spiro atoms. The van der Waals surface area contributed by atoms with Crippen LogP contribution in [-0.4, -0.2) is 14.8 Å². The Bertz CT molecular complexity index is 526. The summed E-state index contributed by atoms with van der Waals surface area (Å²) >= 11 is 0. The number of nitrogens with zero attached hydrogens (tertiary/aromatic N) is 3. The second-order valence-corrected chi connectivity index (χ2v) is 3.72. The Morgan fingerprint density at radius 2 is 2.06 bits per heavy atom. The molecule has 82 valence electrons. The lowest BCUT2D eigenvalue weighted by Gasteiger charge is -1.96. The molecule has 0 saturated carbocycles. The van der Waals surface area contributed by atoms with E-state index in [2.05, 4.69) is 29.3 Å². The predicted octanol–water partition coefficient (Wildman–Crippen LogP) is 1.88. The van der Waals surface area contributed by atoms with E-state index in [0.29, 0.717) is 5.95 Å². The molecular formula is C12H14N4. The number of benzene rings is 1. The van der Waals surface area contributed by atoms with E-state index < -0.39 is 0 Å². The highest BCUT2D eigenvalue weighted by Crippen LogP contribution is 2.09. The van der Waals surface area contributed by atoms with Crippen molar-refractivity contribution in [2.75, 3.05) is 5.73 Å². The molecule has 4 nitrogen and oxygen atoms in total. The van der Waals surface area contributed by atoms with Gasteiger partial charge in [-0.1, -0.05) is 35.9 Å². The molecule has 0 atom stereocenters. The average molecular weight is 214 g/mol. The quantitative estimate of drug-likeness (QED) is 0.830. The van der Waals surface area contributed by atoms with Gasteiger partial charge in [-0.2, -0.15) is 0 Å². The number of hydrogen-bond donors (Lipinski definition) is 1. The molecule has 0 aliphatic carbocycles. The van der Waals surface area contributed by atoms with Gasteiger partial charge < -0.3 is 5.73 Å². The third kappa shape index (κ3) is 2.11. The summed E-state index contributed by atoms with van der Waals surface area (Å²) in [4.78, 5) is 0. The smallest absolute Gasteiger partial charge is 0.221 e. The summed E-state index contributed by atoms with van der Waals surface area (Å²) in [6, 6.07) is 8.25. The summed E-state index contributed by atoms with van der Waals surface area (Å²) in [5.74, 6) is 1.17. The third-order valence-corrected chi connectivity index (χ3v) is 2.41. The van der Waals surface area contributed by atoms with Crippen LogP contribution in [0.2, 0.25) is 0 Å². The zero-order chi connectivity index (χ0) is 11.5. The Labute approximate surface area is 94.4 Å². The first-order chi connectivity index (χ1) is 7.66. The number of anilines is 1. The zero-order valence-electron chi connectivity index (χ0n) is 9.38. The fourth-order valence-corrected chi connectivity index (χ4v) is 1.44. The second-order valence-electron chi connectivity index (χ2n) is 3.72. The van der Waals surface area contributed by atoms with E-state index in [1.165, 1.54) is 5.56 Å². The molecule has 0 fully saturated rings. The minimum Gasteiger partial charge on any atom is -0.368 e. The fraction of sp³-hybridized carbons (Fsp3) is 0.167. The van der Waals surface area contributed by atoms with E-state index in [1.807, 2.05) is 31.3 Å². The number of rotatable bonds is 2. The zero-order valence-corrected chi connectivity index (χ0v) is 9.38. The summed E-state index contributed by atoms with van der Waals surface area (Å²) in [5, 5.41) is 7.74. The van der Waals surface area contributed by atoms with Gasteiger partial charge in [0.1, 0.15) is 0 Å². The molecule has 0 bridgehead atoms. The van der Waals surface area contributed by atoms with Crippen LogP contribution in [0.15, 0.2) is 24.3 Å². The number of nitrogen functional groups attached to an aromatic ring is 1. The number of aryl methyl sites for hydroxylation is 1. The monoisotopic (exact) mass is 214 g/mol. The summed E-state index contributed by atoms with van der Waals surface area (Å²) in [7, 11) is 1.84. The van der Waals surface area contributed by atoms with Crippen LogP contribution in [0, 0.1) is 6.92 Å². The van der Waals surface area contributed by atoms with Crippen molar-refractivity contribution in [1.29, 1.82) is 0 Å². The van der Waals surface area contributed by atoms with E-state index in [0.717, 1.165) is 11.4 Å². The van der Waals surface area contributed by atoms with Crippen molar-refractivity contribution in [2.24, 2.45) is 7.05 Å². The van der Waals surface area contributed by atoms with Crippen LogP contribution in [0.25, 0.3) is 12.2 Å². The van der Waals surface area contributed by atoms with Gasteiger partial charge in [-0.25, -0.2) is 0 Å². The van der Waals surface area contributed by atoms with E-state index in [1.54, 1.807) is 4.57 Å². The van der Waals surface area contributed by atoms with Crippen molar-refractivity contribution in [3.05, 3.63) is 41.2 Å². The van der Waals surface area contributed by atoms with Crippen LogP contribution in [-0.2, 0) is 7.05 Å². The first kappa shape index (κ1) is 10.4. The van der Waals surface area contributed by atoms with E-state index in [-0.39, 0.29) is 0 Å². The van der Waals surface area contributed by atoms with Crippen molar-refractivity contribution >= 4 is 18.1 Å². The highest BCUT2D eigenvalue weighted by molar-refractivity contribution is 5.67. The summed E-state index contributed by atoms with van der Waals surface area (Å²) in [6.07, 6.45) is 3.90. The number of aromatic nitrogens is 3. The minimum atomic E-state index is 0.420. The Morgan fingerprint density at radius 3 is 2.69 bits per heavy atom. The highest BCUT2D eigenvalue weighted by Gasteiger charge is 2.00. The molecule has 1 heterocycles. The summed E-state index contributed by atoms with van der Waals surface area (Å²) < 4.78 is 1.74. The molecule has 1 aromatic heterocycles. The van der Waals surface area contributed by atoms with Gasteiger partial charge >= 0.3 is 0 Å². The molecule has 2 aromatic rings. The first-order valence-corrected chi connectivity index (χ1v) is 5.06. The highest BCUT2D eigenvalue weighted by atomic mass is 15.3. The Hall–Kier alpha value is -2.10. The summed E-state index contributed by atoms with van der Waals surface area (Å²) in [5.41, 5.74) is 7.97. The van der Waals surface area contributed by atoms with Crippen molar-refractivity contribution < 1.29 is 0 Å². The maximum Gasteiger partial charge on any atom is 0.221 e. The van der Waals surface area contributed by atoms with Gasteiger partial charge in [0.25, 0.3) is 0 Å². The second kappa shape index (κ2) is 4.18. The first-order valence-electron chi connectivity index (χ1n) is 5.06. The molecule has 0 aliphatic heterocycles. The van der Waals surface area contributed by atoms with Gasteiger partial charge in [-0.15, -0.1) is 10.2 Å². The maximum absolute atomic E-state index is 5.59. The Morgan fingerprint density at radius 1 is 1.25 bits per heavy atom. The van der Waals surface area contributed by atoms with E-state index in [9.17, 15) is 0 Å². The molecule has 0 amide bonds. The van der Waals surface area contributed by atoms with E-state index in [4.69, 9.17) is 5.73 Å². The van der Waals surface area contributed by atoms with Gasteiger partial charge in [0.15, 0.2) is 5.82 Å². The number of nitrogens with two attached hydrogens (primary N) is 1. The molecule has 16 heavy (non-hydrogen) atoms. The maximum atomic E-state index is 5.59. The van der Waals surface area contributed by atoms with Crippen LogP contribution < -0.4 is 5.73 Å². The van der Waals surface area contributed by atoms with Crippen molar-refractivity contribution in [2.45, 2.75) is 6.92 Å². The lowest BCUT2D eigenvalue weighted by atomic mass is 10.1. The topological polar surface area (TPSA) is 56.7 Å². The van der Waals surface area contributed by atoms with Gasteiger partial charge in [0, 0.05) is 7.05 Å². The van der Waals surface area contributed by atoms with Crippen molar-refractivity contribution in [3.63, 3.8) is 0 Å². The third-order valence-electron chi connectivity index (χ3n) is 2.41. The van der Waals surface area contributed by atoms with Gasteiger partial charge in [-0.05, 0) is 18.6 Å². The van der Waals surface area contributed by atoms with Crippen LogP contribution in [0.1, 0.15) is 17.0 Å². The molecule has 4 heteroatoms. The number of hydrogen-bond acceptors (Lipinski definition) is 3. The molecule has 0 aliphatic rings. The largest absolute Gasteiger partial charge is 0.368 e. The molecule has 0 saturated heterocycles. The molecule has 2 N–H and O–H groups in total. The van der Waals surface area contributed by atoms with Crippen LogP contribution >= 0.6 is 0 Å². The molecule has 2 rings (SSSR count). The van der Waals surface area contributed by atoms with Crippen LogP contribution in [0.5, 0.6) is 0 Å². The van der Waals surface area contributed by atoms with E-state index >= 15 is 0 Å². The average Bonchev–Trinajstić information content (AvgIpc) is 2.57. The van der Waals surface area contributed by atoms with Gasteiger partial charge in [0.2, 0.25) is 5.95 Å². The Kier molecular flexibility index (Phi) is 2.72. The lowest BCUT2D eigenvalue weighted by molar-refractivity contribution is 0.909. The fourth-order valence-electron chi connectivity index (χ4n) is 1.44. The van der Waals surface area contributed by atoms with Crippen molar-refractivity contribution in [1.82, 2.24) is 14.8 Å². The molecule has 1 aromatic carbocycles. The minimum absolute atomic E-state index is 0.420. The normalized spacial score (nSPS) is 11.1. The molecule has 0 unspecified atom stereocenters. The van der Waals surface area contributed by atoms with Gasteiger partial charge in [-0.3, -0.25) is 4.57 Å². The SMILES string of the molecule is Cc1cccc(/C=C/c2nnc(N)n2C)c1. The lowest BCUT2D eigenvalue weighted by Crippen LogP contribution is -1.98. The van der Waals surface area contributed by atoms with Crippen LogP contribution in [0.3, 0.4) is 0 Å². The summed E-state index contributed by atoms with van der Waals surface area (Å²) in [6.45, 7) is 2.07. The van der Waals surface area contributed by atoms with Crippen molar-refractivity contribution in [3.8, 4) is 0 Å². The molecule has 0 radical (unpaired) electrons. The van der Waals surface area contributed by atoms with Crippen LogP contribution in [0.4, 0.5) is 5.95 Å².